The van der Waals surface area contributed by atoms with Crippen molar-refractivity contribution in [1.82, 2.24) is 15.1 Å². The Morgan fingerprint density at radius 2 is 2.11 bits per heavy atom. The summed E-state index contributed by atoms with van der Waals surface area (Å²) < 4.78 is 20.3. The van der Waals surface area contributed by atoms with E-state index in [0.29, 0.717) is 17.2 Å². The van der Waals surface area contributed by atoms with E-state index in [-0.39, 0.29) is 17.8 Å². The van der Waals surface area contributed by atoms with Gasteiger partial charge < -0.3 is 9.73 Å². The Kier molecular flexibility index (Phi) is 4.53. The van der Waals surface area contributed by atoms with Crippen LogP contribution in [0.4, 0.5) is 4.39 Å². The van der Waals surface area contributed by atoms with Gasteiger partial charge >= 0.3 is 0 Å². The van der Waals surface area contributed by atoms with Crippen molar-refractivity contribution in [3.63, 3.8) is 0 Å². The van der Waals surface area contributed by atoms with Crippen LogP contribution in [-0.2, 0) is 6.54 Å². The highest BCUT2D eigenvalue weighted by Gasteiger charge is 2.19. The molecular formula is C20H18FN3O2S. The average Bonchev–Trinajstić information content (AvgIpc) is 3.37. The summed E-state index contributed by atoms with van der Waals surface area (Å²) >= 11 is 1.40. The Hall–Kier alpha value is -2.93. The van der Waals surface area contributed by atoms with Gasteiger partial charge in [0.15, 0.2) is 0 Å². The second-order valence-corrected chi connectivity index (χ2v) is 7.44. The number of nitrogens with zero attached hydrogens (tertiary/aromatic N) is 2. The molecule has 3 aromatic heterocycles. The zero-order valence-electron chi connectivity index (χ0n) is 14.9. The molecule has 7 heteroatoms. The molecular weight excluding hydrogens is 365 g/mol. The van der Waals surface area contributed by atoms with Crippen molar-refractivity contribution >= 4 is 27.5 Å². The number of carbonyl (C=O) groups is 1. The summed E-state index contributed by atoms with van der Waals surface area (Å²) in [6, 6.07) is 11.6. The van der Waals surface area contributed by atoms with E-state index in [1.54, 1.807) is 24.5 Å². The van der Waals surface area contributed by atoms with Crippen molar-refractivity contribution < 1.29 is 13.6 Å². The number of aromatic nitrogens is 2. The topological polar surface area (TPSA) is 60.1 Å². The highest BCUT2D eigenvalue weighted by atomic mass is 32.1. The molecule has 4 rings (SSSR count). The maximum Gasteiger partial charge on any atom is 0.262 e. The molecule has 0 spiro atoms. The third-order valence-corrected chi connectivity index (χ3v) is 5.54. The molecule has 1 N–H and O–H groups in total. The van der Waals surface area contributed by atoms with E-state index >= 15 is 0 Å². The fourth-order valence-corrected chi connectivity index (χ4v) is 4.04. The number of benzene rings is 1. The molecule has 1 amide bonds. The smallest absolute Gasteiger partial charge is 0.262 e. The number of fused-ring (bicyclic) bond motifs is 1. The van der Waals surface area contributed by atoms with Gasteiger partial charge in [-0.15, -0.1) is 11.3 Å². The molecule has 1 aromatic carbocycles. The molecule has 0 saturated heterocycles. The number of carbonyl (C=O) groups excluding carboxylic acids is 1. The molecule has 0 saturated carbocycles. The lowest BCUT2D eigenvalue weighted by molar-refractivity contribution is 0.0939. The van der Waals surface area contributed by atoms with E-state index in [0.717, 1.165) is 21.5 Å². The van der Waals surface area contributed by atoms with Gasteiger partial charge in [0.05, 0.1) is 29.4 Å². The summed E-state index contributed by atoms with van der Waals surface area (Å²) in [6.45, 7) is 4.32. The molecule has 3 heterocycles. The molecule has 0 fully saturated rings. The second-order valence-electron chi connectivity index (χ2n) is 6.41. The third-order valence-electron chi connectivity index (χ3n) is 4.39. The molecule has 138 valence electrons. The van der Waals surface area contributed by atoms with Crippen LogP contribution < -0.4 is 5.32 Å². The molecule has 1 unspecified atom stereocenters. The van der Waals surface area contributed by atoms with E-state index < -0.39 is 0 Å². The lowest BCUT2D eigenvalue weighted by Gasteiger charge is -2.10. The summed E-state index contributed by atoms with van der Waals surface area (Å²) in [5.74, 6) is 0.303. The van der Waals surface area contributed by atoms with Crippen LogP contribution in [0.25, 0.3) is 10.2 Å². The van der Waals surface area contributed by atoms with Crippen LogP contribution in [0.5, 0.6) is 0 Å². The molecule has 5 nitrogen and oxygen atoms in total. The first-order chi connectivity index (χ1) is 13.0. The lowest BCUT2D eigenvalue weighted by atomic mass is 10.2. The van der Waals surface area contributed by atoms with Crippen molar-refractivity contribution in [2.75, 3.05) is 0 Å². The Bertz CT molecular complexity index is 1080. The van der Waals surface area contributed by atoms with Gasteiger partial charge in [0.1, 0.15) is 16.4 Å². The number of halogens is 1. The van der Waals surface area contributed by atoms with Crippen molar-refractivity contribution in [1.29, 1.82) is 0 Å². The van der Waals surface area contributed by atoms with Gasteiger partial charge in [-0.25, -0.2) is 4.39 Å². The Morgan fingerprint density at radius 3 is 2.81 bits per heavy atom. The highest BCUT2D eigenvalue weighted by molar-refractivity contribution is 7.20. The SMILES string of the molecule is Cc1nn(Cc2ccc(F)cc2)c2sc(C(=O)NC(C)c3ccco3)cc12. The van der Waals surface area contributed by atoms with Crippen LogP contribution in [0.3, 0.4) is 0 Å². The van der Waals surface area contributed by atoms with Gasteiger partial charge in [0, 0.05) is 5.39 Å². The Labute approximate surface area is 159 Å². The Balaban J connectivity index is 1.58. The van der Waals surface area contributed by atoms with Gasteiger partial charge in [-0.1, -0.05) is 12.1 Å². The average molecular weight is 383 g/mol. The predicted octanol–water partition coefficient (Wildman–Crippen LogP) is 4.68. The lowest BCUT2D eigenvalue weighted by Crippen LogP contribution is -2.25. The molecule has 1 atom stereocenters. The van der Waals surface area contributed by atoms with Crippen LogP contribution in [0.2, 0.25) is 0 Å². The fraction of sp³-hybridized carbons (Fsp3) is 0.200. The van der Waals surface area contributed by atoms with Crippen molar-refractivity contribution in [2.45, 2.75) is 26.4 Å². The normalized spacial score (nSPS) is 12.4. The number of furan rings is 1. The number of thiophene rings is 1. The largest absolute Gasteiger partial charge is 0.467 e. The van der Waals surface area contributed by atoms with Crippen LogP contribution in [-0.4, -0.2) is 15.7 Å². The number of amides is 1. The molecule has 0 aliphatic heterocycles. The monoisotopic (exact) mass is 383 g/mol. The number of hydrogen-bond donors (Lipinski definition) is 1. The number of aryl methyl sites for hydroxylation is 1. The molecule has 27 heavy (non-hydrogen) atoms. The minimum Gasteiger partial charge on any atom is -0.467 e. The molecule has 0 radical (unpaired) electrons. The number of hydrogen-bond acceptors (Lipinski definition) is 4. The maximum atomic E-state index is 13.1. The van der Waals surface area contributed by atoms with E-state index in [1.807, 2.05) is 30.7 Å². The quantitative estimate of drug-likeness (QED) is 0.544. The molecule has 0 bridgehead atoms. The van der Waals surface area contributed by atoms with Gasteiger partial charge in [-0.3, -0.25) is 9.48 Å². The van der Waals surface area contributed by atoms with E-state index in [4.69, 9.17) is 4.42 Å². The van der Waals surface area contributed by atoms with E-state index in [2.05, 4.69) is 10.4 Å². The zero-order chi connectivity index (χ0) is 19.0. The summed E-state index contributed by atoms with van der Waals surface area (Å²) in [5.41, 5.74) is 1.81. The van der Waals surface area contributed by atoms with Gasteiger partial charge in [0.25, 0.3) is 5.91 Å². The van der Waals surface area contributed by atoms with E-state index in [9.17, 15) is 9.18 Å². The molecule has 4 aromatic rings. The summed E-state index contributed by atoms with van der Waals surface area (Å²) in [6.07, 6.45) is 1.59. The first-order valence-corrected chi connectivity index (χ1v) is 9.38. The van der Waals surface area contributed by atoms with Gasteiger partial charge in [0.2, 0.25) is 0 Å². The van der Waals surface area contributed by atoms with E-state index in [1.165, 1.54) is 23.5 Å². The first kappa shape index (κ1) is 17.5. The second kappa shape index (κ2) is 7.00. The standard InChI is InChI=1S/C20H18FN3O2S/c1-12-16-10-18(19(25)22-13(2)17-4-3-9-26-17)27-20(16)24(23-12)11-14-5-7-15(21)8-6-14/h3-10,13H,11H2,1-2H3,(H,22,25). The molecule has 0 aliphatic rings. The van der Waals surface area contributed by atoms with Gasteiger partial charge in [-0.05, 0) is 49.7 Å². The predicted molar refractivity (Wildman–Crippen MR) is 102 cm³/mol. The van der Waals surface area contributed by atoms with Gasteiger partial charge in [-0.2, -0.15) is 5.10 Å². The minimum absolute atomic E-state index is 0.146. The number of nitrogens with one attached hydrogen (secondary N) is 1. The third kappa shape index (κ3) is 3.50. The maximum absolute atomic E-state index is 13.1. The first-order valence-electron chi connectivity index (χ1n) is 8.57. The zero-order valence-corrected chi connectivity index (χ0v) is 15.7. The van der Waals surface area contributed by atoms with Crippen molar-refractivity contribution in [2.24, 2.45) is 0 Å². The number of rotatable bonds is 5. The summed E-state index contributed by atoms with van der Waals surface area (Å²) in [7, 11) is 0. The van der Waals surface area contributed by atoms with Crippen LogP contribution in [0, 0.1) is 12.7 Å². The van der Waals surface area contributed by atoms with Crippen molar-refractivity contribution in [3.8, 4) is 0 Å². The summed E-state index contributed by atoms with van der Waals surface area (Å²) in [4.78, 5) is 14.2. The summed E-state index contributed by atoms with van der Waals surface area (Å²) in [5, 5.41) is 8.46. The van der Waals surface area contributed by atoms with Crippen molar-refractivity contribution in [3.05, 3.63) is 76.4 Å². The van der Waals surface area contributed by atoms with Crippen LogP contribution >= 0.6 is 11.3 Å². The molecule has 0 aliphatic carbocycles. The Morgan fingerprint density at radius 1 is 1.33 bits per heavy atom. The minimum atomic E-state index is -0.263. The van der Waals surface area contributed by atoms with Crippen LogP contribution in [0.1, 0.15) is 39.7 Å². The van der Waals surface area contributed by atoms with Crippen LogP contribution in [0.15, 0.2) is 53.1 Å². The fourth-order valence-electron chi connectivity index (χ4n) is 2.97. The highest BCUT2D eigenvalue weighted by Crippen LogP contribution is 2.29.